The summed E-state index contributed by atoms with van der Waals surface area (Å²) in [6.07, 6.45) is 1.91. The van der Waals surface area contributed by atoms with Gasteiger partial charge in [-0.3, -0.25) is 14.5 Å². The zero-order valence-corrected chi connectivity index (χ0v) is 15.9. The first-order valence-electron chi connectivity index (χ1n) is 8.98. The maximum absolute atomic E-state index is 13.6. The van der Waals surface area contributed by atoms with Crippen molar-refractivity contribution in [1.29, 1.82) is 0 Å². The Hall–Kier alpha value is -2.02. The van der Waals surface area contributed by atoms with Gasteiger partial charge >= 0.3 is 0 Å². The summed E-state index contributed by atoms with van der Waals surface area (Å²) in [6.45, 7) is 8.40. The summed E-state index contributed by atoms with van der Waals surface area (Å²) < 4.78 is 27.2. The minimum absolute atomic E-state index is 0.0513. The molecule has 0 unspecified atom stereocenters. The highest BCUT2D eigenvalue weighted by atomic mass is 19.1. The Morgan fingerprint density at radius 2 is 1.62 bits per heavy atom. The number of anilines is 1. The number of likely N-dealkylation sites (N-methyl/N-ethyl adjacent to an activating group) is 1. The molecular weight excluding hydrogens is 340 g/mol. The predicted molar refractivity (Wildman–Crippen MR) is 98.8 cm³/mol. The number of carbonyl (C=O) groups excluding carboxylic acids is 2. The van der Waals surface area contributed by atoms with Gasteiger partial charge in [0.05, 0.1) is 13.1 Å². The molecule has 0 heterocycles. The summed E-state index contributed by atoms with van der Waals surface area (Å²) in [6, 6.07) is 3.43. The third-order valence-electron chi connectivity index (χ3n) is 3.99. The fourth-order valence-electron chi connectivity index (χ4n) is 2.46. The first-order chi connectivity index (χ1) is 12.2. The number of halogens is 2. The van der Waals surface area contributed by atoms with Gasteiger partial charge in [-0.25, -0.2) is 8.78 Å². The highest BCUT2D eigenvalue weighted by Crippen LogP contribution is 2.17. The fourth-order valence-corrected chi connectivity index (χ4v) is 2.46. The lowest BCUT2D eigenvalue weighted by atomic mass is 10.0. The lowest BCUT2D eigenvalue weighted by Gasteiger charge is -2.21. The minimum Gasteiger partial charge on any atom is -0.353 e. The second-order valence-corrected chi connectivity index (χ2v) is 6.89. The van der Waals surface area contributed by atoms with Crippen molar-refractivity contribution in [2.45, 2.75) is 46.6 Å². The van der Waals surface area contributed by atoms with Crippen LogP contribution in [0.25, 0.3) is 0 Å². The van der Waals surface area contributed by atoms with Crippen molar-refractivity contribution >= 4 is 17.5 Å². The third kappa shape index (κ3) is 7.91. The average molecular weight is 369 g/mol. The van der Waals surface area contributed by atoms with Crippen LogP contribution in [-0.2, 0) is 9.59 Å². The van der Waals surface area contributed by atoms with Crippen LogP contribution in [0.3, 0.4) is 0 Å². The molecule has 0 saturated heterocycles. The molecule has 0 aliphatic carbocycles. The molecule has 0 saturated carbocycles. The van der Waals surface area contributed by atoms with Crippen LogP contribution < -0.4 is 10.6 Å². The van der Waals surface area contributed by atoms with Crippen LogP contribution in [0.2, 0.25) is 0 Å². The molecule has 2 amide bonds. The highest BCUT2D eigenvalue weighted by Gasteiger charge is 2.17. The maximum atomic E-state index is 13.6. The smallest absolute Gasteiger partial charge is 0.238 e. The van der Waals surface area contributed by atoms with E-state index >= 15 is 0 Å². The molecule has 146 valence electrons. The molecule has 0 fully saturated rings. The monoisotopic (exact) mass is 369 g/mol. The van der Waals surface area contributed by atoms with Crippen molar-refractivity contribution in [3.05, 3.63) is 29.8 Å². The minimum atomic E-state index is -0.835. The SMILES string of the molecule is CCN(CC(=O)Nc1c(F)cccc1F)CC(=O)N[C@@H](C)CCC(C)C. The molecule has 2 N–H and O–H groups in total. The van der Waals surface area contributed by atoms with Crippen LogP contribution in [0.15, 0.2) is 18.2 Å². The summed E-state index contributed by atoms with van der Waals surface area (Å²) in [7, 11) is 0. The van der Waals surface area contributed by atoms with Crippen LogP contribution in [-0.4, -0.2) is 42.4 Å². The number of para-hydroxylation sites is 1. The van der Waals surface area contributed by atoms with E-state index in [2.05, 4.69) is 24.5 Å². The van der Waals surface area contributed by atoms with Gasteiger partial charge in [-0.05, 0) is 44.4 Å². The number of benzene rings is 1. The van der Waals surface area contributed by atoms with Crippen LogP contribution >= 0.6 is 0 Å². The Kier molecular flexibility index (Phi) is 9.19. The van der Waals surface area contributed by atoms with Crippen LogP contribution in [0.4, 0.5) is 14.5 Å². The molecule has 0 spiro atoms. The topological polar surface area (TPSA) is 61.4 Å². The predicted octanol–water partition coefficient (Wildman–Crippen LogP) is 3.17. The summed E-state index contributed by atoms with van der Waals surface area (Å²) in [5.41, 5.74) is -0.472. The van der Waals surface area contributed by atoms with E-state index < -0.39 is 23.2 Å². The molecule has 0 bridgehead atoms. The number of hydrogen-bond acceptors (Lipinski definition) is 3. The number of hydrogen-bond donors (Lipinski definition) is 2. The van der Waals surface area contributed by atoms with Crippen molar-refractivity contribution in [3.8, 4) is 0 Å². The maximum Gasteiger partial charge on any atom is 0.238 e. The van der Waals surface area contributed by atoms with Gasteiger partial charge in [0.25, 0.3) is 0 Å². The molecule has 7 heteroatoms. The Morgan fingerprint density at radius 1 is 1.04 bits per heavy atom. The Labute approximate surface area is 154 Å². The molecule has 1 atom stereocenters. The van der Waals surface area contributed by atoms with E-state index in [1.807, 2.05) is 13.8 Å². The van der Waals surface area contributed by atoms with E-state index in [1.165, 1.54) is 6.07 Å². The lowest BCUT2D eigenvalue weighted by Crippen LogP contribution is -2.43. The molecule has 1 rings (SSSR count). The van der Waals surface area contributed by atoms with E-state index in [4.69, 9.17) is 0 Å². The van der Waals surface area contributed by atoms with Crippen molar-refractivity contribution in [2.75, 3.05) is 25.0 Å². The van der Waals surface area contributed by atoms with Crippen LogP contribution in [0.5, 0.6) is 0 Å². The van der Waals surface area contributed by atoms with Gasteiger partial charge in [0.15, 0.2) is 0 Å². The molecule has 0 radical (unpaired) electrons. The second-order valence-electron chi connectivity index (χ2n) is 6.89. The molecular formula is C19H29F2N3O2. The molecule has 26 heavy (non-hydrogen) atoms. The van der Waals surface area contributed by atoms with Gasteiger partial charge in [0, 0.05) is 6.04 Å². The van der Waals surface area contributed by atoms with Crippen molar-refractivity contribution < 1.29 is 18.4 Å². The van der Waals surface area contributed by atoms with E-state index in [-0.39, 0.29) is 25.0 Å². The zero-order chi connectivity index (χ0) is 19.7. The van der Waals surface area contributed by atoms with Gasteiger partial charge in [-0.1, -0.05) is 26.8 Å². The summed E-state index contributed by atoms with van der Waals surface area (Å²) in [4.78, 5) is 25.8. The van der Waals surface area contributed by atoms with E-state index in [0.29, 0.717) is 12.5 Å². The largest absolute Gasteiger partial charge is 0.353 e. The van der Waals surface area contributed by atoms with Gasteiger partial charge < -0.3 is 10.6 Å². The standard InChI is InChI=1S/C19H29F2N3O2/c1-5-24(11-17(25)22-14(4)10-9-13(2)3)12-18(26)23-19-15(20)7-6-8-16(19)21/h6-8,13-14H,5,9-12H2,1-4H3,(H,22,25)(H,23,26)/t14-/m0/s1. The van der Waals surface area contributed by atoms with Crippen LogP contribution in [0.1, 0.15) is 40.5 Å². The zero-order valence-electron chi connectivity index (χ0n) is 15.9. The molecule has 5 nitrogen and oxygen atoms in total. The number of nitrogens with zero attached hydrogens (tertiary/aromatic N) is 1. The second kappa shape index (κ2) is 10.9. The lowest BCUT2D eigenvalue weighted by molar-refractivity contribution is -0.123. The van der Waals surface area contributed by atoms with Gasteiger partial charge in [-0.2, -0.15) is 0 Å². The van der Waals surface area contributed by atoms with E-state index in [1.54, 1.807) is 4.90 Å². The number of amides is 2. The molecule has 1 aromatic carbocycles. The normalized spacial score (nSPS) is 12.3. The summed E-state index contributed by atoms with van der Waals surface area (Å²) in [5, 5.41) is 5.14. The number of rotatable bonds is 10. The Bertz CT molecular complexity index is 588. The molecule has 0 aliphatic heterocycles. The fraction of sp³-hybridized carbons (Fsp3) is 0.579. The van der Waals surface area contributed by atoms with Gasteiger partial charge in [0.1, 0.15) is 17.3 Å². The first-order valence-corrected chi connectivity index (χ1v) is 8.98. The third-order valence-corrected chi connectivity index (χ3v) is 3.99. The summed E-state index contributed by atoms with van der Waals surface area (Å²) >= 11 is 0. The van der Waals surface area contributed by atoms with Crippen LogP contribution in [0, 0.1) is 17.6 Å². The van der Waals surface area contributed by atoms with Crippen molar-refractivity contribution in [1.82, 2.24) is 10.2 Å². The Balaban J connectivity index is 2.50. The number of carbonyl (C=O) groups is 2. The molecule has 0 aromatic heterocycles. The van der Waals surface area contributed by atoms with Gasteiger partial charge in [0.2, 0.25) is 11.8 Å². The van der Waals surface area contributed by atoms with Crippen molar-refractivity contribution in [3.63, 3.8) is 0 Å². The highest BCUT2D eigenvalue weighted by molar-refractivity contribution is 5.92. The van der Waals surface area contributed by atoms with Gasteiger partial charge in [-0.15, -0.1) is 0 Å². The first kappa shape index (κ1) is 22.0. The Morgan fingerprint density at radius 3 is 2.15 bits per heavy atom. The summed E-state index contributed by atoms with van der Waals surface area (Å²) in [5.74, 6) is -1.84. The molecule has 1 aromatic rings. The average Bonchev–Trinajstić information content (AvgIpc) is 2.55. The number of nitrogens with one attached hydrogen (secondary N) is 2. The quantitative estimate of drug-likeness (QED) is 0.666. The van der Waals surface area contributed by atoms with Crippen molar-refractivity contribution in [2.24, 2.45) is 5.92 Å². The van der Waals surface area contributed by atoms with E-state index in [0.717, 1.165) is 25.0 Å². The molecule has 0 aliphatic rings. The van der Waals surface area contributed by atoms with E-state index in [9.17, 15) is 18.4 Å².